The van der Waals surface area contributed by atoms with Gasteiger partial charge >= 0.3 is 12.0 Å². The molecule has 130 valence electrons. The molecule has 0 radical (unpaired) electrons. The Morgan fingerprint density at radius 1 is 1.25 bits per heavy atom. The monoisotopic (exact) mass is 330 g/mol. The zero-order valence-corrected chi connectivity index (χ0v) is 14.2. The number of benzene rings is 1. The van der Waals surface area contributed by atoms with E-state index in [-0.39, 0.29) is 17.4 Å². The molecule has 2 unspecified atom stereocenters. The highest BCUT2D eigenvalue weighted by Gasteiger charge is 2.39. The second-order valence-corrected chi connectivity index (χ2v) is 7.44. The summed E-state index contributed by atoms with van der Waals surface area (Å²) in [6.45, 7) is 3.57. The number of piperidine rings is 1. The second-order valence-electron chi connectivity index (χ2n) is 7.44. The Morgan fingerprint density at radius 3 is 2.54 bits per heavy atom. The summed E-state index contributed by atoms with van der Waals surface area (Å²) in [5.74, 6) is -1.04. The summed E-state index contributed by atoms with van der Waals surface area (Å²) in [5.41, 5.74) is 1.33. The SMILES string of the molecule is CC1CC(C(=O)O)CN(C(=O)NCC2(c3ccccc3)CCC2)C1. The number of nitrogens with zero attached hydrogens (tertiary/aromatic N) is 1. The fraction of sp³-hybridized carbons (Fsp3) is 0.579. The molecule has 0 aromatic heterocycles. The summed E-state index contributed by atoms with van der Waals surface area (Å²) in [4.78, 5) is 25.5. The minimum absolute atomic E-state index is 0.0462. The van der Waals surface area contributed by atoms with Crippen molar-refractivity contribution >= 4 is 12.0 Å². The number of carboxylic acids is 1. The van der Waals surface area contributed by atoms with Crippen molar-refractivity contribution in [2.45, 2.75) is 38.0 Å². The lowest BCUT2D eigenvalue weighted by Crippen LogP contribution is -2.53. The van der Waals surface area contributed by atoms with Crippen LogP contribution in [0.3, 0.4) is 0 Å². The maximum absolute atomic E-state index is 12.6. The number of carboxylic acid groups (broad SMARTS) is 1. The molecule has 1 aliphatic carbocycles. The van der Waals surface area contributed by atoms with Crippen molar-refractivity contribution in [3.05, 3.63) is 35.9 Å². The summed E-state index contributed by atoms with van der Waals surface area (Å²) in [6.07, 6.45) is 4.01. The molecule has 3 rings (SSSR count). The van der Waals surface area contributed by atoms with E-state index in [1.165, 1.54) is 12.0 Å². The Balaban J connectivity index is 1.61. The Hall–Kier alpha value is -2.04. The van der Waals surface area contributed by atoms with Gasteiger partial charge in [0.25, 0.3) is 0 Å². The summed E-state index contributed by atoms with van der Waals surface area (Å²) in [6, 6.07) is 10.2. The number of carbonyl (C=O) groups excluding carboxylic acids is 1. The molecule has 1 saturated carbocycles. The third-order valence-electron chi connectivity index (χ3n) is 5.57. The topological polar surface area (TPSA) is 69.6 Å². The van der Waals surface area contributed by atoms with Crippen molar-refractivity contribution in [3.8, 4) is 0 Å². The van der Waals surface area contributed by atoms with Gasteiger partial charge in [0.15, 0.2) is 0 Å². The van der Waals surface area contributed by atoms with E-state index in [1.807, 2.05) is 25.1 Å². The van der Waals surface area contributed by atoms with Gasteiger partial charge in [-0.25, -0.2) is 4.79 Å². The normalized spacial score (nSPS) is 25.6. The molecule has 2 aliphatic rings. The van der Waals surface area contributed by atoms with Crippen LogP contribution in [0.1, 0.15) is 38.2 Å². The lowest BCUT2D eigenvalue weighted by Gasteiger charge is -2.43. The highest BCUT2D eigenvalue weighted by atomic mass is 16.4. The van der Waals surface area contributed by atoms with Gasteiger partial charge in [0.1, 0.15) is 0 Å². The van der Waals surface area contributed by atoms with Gasteiger partial charge in [-0.05, 0) is 30.7 Å². The van der Waals surface area contributed by atoms with Crippen molar-refractivity contribution in [2.24, 2.45) is 11.8 Å². The van der Waals surface area contributed by atoms with Gasteiger partial charge in [0.2, 0.25) is 0 Å². The second kappa shape index (κ2) is 6.83. The van der Waals surface area contributed by atoms with Crippen molar-refractivity contribution < 1.29 is 14.7 Å². The minimum Gasteiger partial charge on any atom is -0.481 e. The first-order valence-corrected chi connectivity index (χ1v) is 8.81. The van der Waals surface area contributed by atoms with Crippen molar-refractivity contribution in [1.29, 1.82) is 0 Å². The first kappa shape index (κ1) is 16.8. The average Bonchev–Trinajstić information content (AvgIpc) is 2.54. The number of carbonyl (C=O) groups is 2. The third-order valence-corrected chi connectivity index (χ3v) is 5.57. The van der Waals surface area contributed by atoms with Crippen LogP contribution in [-0.4, -0.2) is 41.6 Å². The maximum atomic E-state index is 12.6. The van der Waals surface area contributed by atoms with E-state index < -0.39 is 11.9 Å². The number of amides is 2. The van der Waals surface area contributed by atoms with Crippen LogP contribution in [0.15, 0.2) is 30.3 Å². The first-order valence-electron chi connectivity index (χ1n) is 8.81. The van der Waals surface area contributed by atoms with E-state index in [1.54, 1.807) is 4.90 Å². The molecule has 1 heterocycles. The molecule has 2 amide bonds. The van der Waals surface area contributed by atoms with Crippen LogP contribution in [0.2, 0.25) is 0 Å². The van der Waals surface area contributed by atoms with Crippen LogP contribution < -0.4 is 5.32 Å². The summed E-state index contributed by atoms with van der Waals surface area (Å²) < 4.78 is 0. The van der Waals surface area contributed by atoms with E-state index in [9.17, 15) is 14.7 Å². The average molecular weight is 330 g/mol. The van der Waals surface area contributed by atoms with Crippen molar-refractivity contribution in [2.75, 3.05) is 19.6 Å². The van der Waals surface area contributed by atoms with Crippen molar-refractivity contribution in [3.63, 3.8) is 0 Å². The molecule has 5 heteroatoms. The van der Waals surface area contributed by atoms with Crippen LogP contribution in [-0.2, 0) is 10.2 Å². The Kier molecular flexibility index (Phi) is 4.78. The lowest BCUT2D eigenvalue weighted by atomic mass is 9.64. The number of urea groups is 1. The third kappa shape index (κ3) is 3.40. The van der Waals surface area contributed by atoms with Crippen LogP contribution in [0.25, 0.3) is 0 Å². The predicted molar refractivity (Wildman–Crippen MR) is 91.8 cm³/mol. The number of rotatable bonds is 4. The molecule has 1 aromatic rings. The Morgan fingerprint density at radius 2 is 1.96 bits per heavy atom. The van der Waals surface area contributed by atoms with Crippen LogP contribution >= 0.6 is 0 Å². The number of aliphatic carboxylic acids is 1. The molecule has 1 saturated heterocycles. The Bertz CT molecular complexity index is 598. The number of likely N-dealkylation sites (tertiary alicyclic amines) is 1. The van der Waals surface area contributed by atoms with Gasteiger partial charge in [-0.3, -0.25) is 4.79 Å². The van der Waals surface area contributed by atoms with Gasteiger partial charge in [-0.2, -0.15) is 0 Å². The number of nitrogens with one attached hydrogen (secondary N) is 1. The highest BCUT2D eigenvalue weighted by molar-refractivity contribution is 5.76. The zero-order valence-electron chi connectivity index (χ0n) is 14.2. The smallest absolute Gasteiger partial charge is 0.317 e. The van der Waals surface area contributed by atoms with Crippen LogP contribution in [0.4, 0.5) is 4.79 Å². The largest absolute Gasteiger partial charge is 0.481 e. The molecule has 0 bridgehead atoms. The van der Waals surface area contributed by atoms with Gasteiger partial charge in [0, 0.05) is 25.0 Å². The number of hydrogen-bond donors (Lipinski definition) is 2. The summed E-state index contributed by atoms with van der Waals surface area (Å²) in [7, 11) is 0. The molecule has 1 aliphatic heterocycles. The first-order chi connectivity index (χ1) is 11.5. The molecule has 5 nitrogen and oxygen atoms in total. The van der Waals surface area contributed by atoms with E-state index in [4.69, 9.17) is 0 Å². The van der Waals surface area contributed by atoms with Crippen LogP contribution in [0, 0.1) is 11.8 Å². The predicted octanol–water partition coefficient (Wildman–Crippen LogP) is 2.86. The van der Waals surface area contributed by atoms with E-state index in [2.05, 4.69) is 17.4 Å². The molecular weight excluding hydrogens is 304 g/mol. The highest BCUT2D eigenvalue weighted by Crippen LogP contribution is 2.43. The van der Waals surface area contributed by atoms with E-state index >= 15 is 0 Å². The molecule has 1 aromatic carbocycles. The molecule has 2 fully saturated rings. The Labute approximate surface area is 143 Å². The summed E-state index contributed by atoms with van der Waals surface area (Å²) >= 11 is 0. The molecule has 0 spiro atoms. The fourth-order valence-electron chi connectivity index (χ4n) is 4.02. The zero-order chi connectivity index (χ0) is 17.2. The number of hydrogen-bond acceptors (Lipinski definition) is 2. The quantitative estimate of drug-likeness (QED) is 0.892. The molecular formula is C19H26N2O3. The van der Waals surface area contributed by atoms with E-state index in [0.717, 1.165) is 12.8 Å². The van der Waals surface area contributed by atoms with Crippen molar-refractivity contribution in [1.82, 2.24) is 10.2 Å². The minimum atomic E-state index is -0.806. The van der Waals surface area contributed by atoms with Gasteiger partial charge in [-0.1, -0.05) is 43.7 Å². The van der Waals surface area contributed by atoms with E-state index in [0.29, 0.717) is 26.1 Å². The lowest BCUT2D eigenvalue weighted by molar-refractivity contribution is -0.143. The standard InChI is InChI=1S/C19H26N2O3/c1-14-10-15(17(22)23)12-21(11-14)18(24)20-13-19(8-5-9-19)16-6-3-2-4-7-16/h2-4,6-7,14-15H,5,8-13H2,1H3,(H,20,24)(H,22,23). The molecule has 2 N–H and O–H groups in total. The molecule has 24 heavy (non-hydrogen) atoms. The summed E-state index contributed by atoms with van der Waals surface area (Å²) in [5, 5.41) is 12.3. The fourth-order valence-corrected chi connectivity index (χ4v) is 4.02. The van der Waals surface area contributed by atoms with Gasteiger partial charge < -0.3 is 15.3 Å². The van der Waals surface area contributed by atoms with Gasteiger partial charge in [-0.15, -0.1) is 0 Å². The molecule has 2 atom stereocenters. The van der Waals surface area contributed by atoms with Gasteiger partial charge in [0.05, 0.1) is 5.92 Å². The maximum Gasteiger partial charge on any atom is 0.317 e. The van der Waals surface area contributed by atoms with Crippen LogP contribution in [0.5, 0.6) is 0 Å².